The van der Waals surface area contributed by atoms with Gasteiger partial charge in [-0.05, 0) is 29.3 Å². The Hall–Kier alpha value is -1.72. The quantitative estimate of drug-likeness (QED) is 0.297. The standard InChI is InChI=1S/C18H18N2OS2/c1-2-3-10-22-18-19-16(21)12-17(20-18)23-15-9-8-13-6-4-5-7-14(13)11-15/h4-9,11-12H,2-3,10H2,1H3,(H,19,20,21). The summed E-state index contributed by atoms with van der Waals surface area (Å²) in [4.78, 5) is 20.3. The Labute approximate surface area is 143 Å². The molecule has 0 spiro atoms. The summed E-state index contributed by atoms with van der Waals surface area (Å²) in [7, 11) is 0. The van der Waals surface area contributed by atoms with Crippen molar-refractivity contribution in [1.82, 2.24) is 9.97 Å². The van der Waals surface area contributed by atoms with E-state index in [2.05, 4.69) is 47.2 Å². The third-order valence-corrected chi connectivity index (χ3v) is 5.24. The van der Waals surface area contributed by atoms with E-state index < -0.39 is 0 Å². The summed E-state index contributed by atoms with van der Waals surface area (Å²) >= 11 is 3.13. The van der Waals surface area contributed by atoms with Gasteiger partial charge in [-0.2, -0.15) is 0 Å². The minimum Gasteiger partial charge on any atom is -0.301 e. The Morgan fingerprint density at radius 2 is 1.91 bits per heavy atom. The van der Waals surface area contributed by atoms with Gasteiger partial charge < -0.3 is 4.98 Å². The topological polar surface area (TPSA) is 45.8 Å². The minimum absolute atomic E-state index is 0.0951. The molecule has 0 aliphatic rings. The number of H-pyrrole nitrogens is 1. The Bertz CT molecular complexity index is 861. The summed E-state index contributed by atoms with van der Waals surface area (Å²) < 4.78 is 0. The number of unbranched alkanes of at least 4 members (excludes halogenated alkanes) is 1. The average molecular weight is 342 g/mol. The molecule has 0 amide bonds. The second-order valence-corrected chi connectivity index (χ2v) is 7.38. The molecule has 3 rings (SSSR count). The van der Waals surface area contributed by atoms with E-state index in [4.69, 9.17) is 0 Å². The summed E-state index contributed by atoms with van der Waals surface area (Å²) in [6.45, 7) is 2.16. The van der Waals surface area contributed by atoms with E-state index in [0.717, 1.165) is 28.5 Å². The van der Waals surface area contributed by atoms with Crippen LogP contribution in [0, 0.1) is 0 Å². The van der Waals surface area contributed by atoms with Gasteiger partial charge in [-0.15, -0.1) is 0 Å². The van der Waals surface area contributed by atoms with Gasteiger partial charge in [-0.1, -0.05) is 67.2 Å². The maximum absolute atomic E-state index is 11.8. The number of nitrogens with zero attached hydrogens (tertiary/aromatic N) is 1. The molecule has 5 heteroatoms. The van der Waals surface area contributed by atoms with Crippen molar-refractivity contribution in [2.45, 2.75) is 34.8 Å². The SMILES string of the molecule is CCCCSc1nc(Sc2ccc3ccccc3c2)cc(=O)[nH]1. The number of benzene rings is 2. The molecule has 0 saturated heterocycles. The van der Waals surface area contributed by atoms with Crippen molar-refractivity contribution in [1.29, 1.82) is 0 Å². The number of hydrogen-bond donors (Lipinski definition) is 1. The maximum Gasteiger partial charge on any atom is 0.252 e. The first-order valence-electron chi connectivity index (χ1n) is 7.65. The van der Waals surface area contributed by atoms with Crippen molar-refractivity contribution in [3.05, 3.63) is 58.9 Å². The van der Waals surface area contributed by atoms with Crippen molar-refractivity contribution < 1.29 is 0 Å². The van der Waals surface area contributed by atoms with Crippen LogP contribution in [0.3, 0.4) is 0 Å². The highest BCUT2D eigenvalue weighted by Gasteiger charge is 2.05. The lowest BCUT2D eigenvalue weighted by atomic mass is 10.1. The molecule has 0 saturated carbocycles. The van der Waals surface area contributed by atoms with Crippen molar-refractivity contribution in [2.24, 2.45) is 0 Å². The van der Waals surface area contributed by atoms with Crippen LogP contribution in [0.2, 0.25) is 0 Å². The highest BCUT2D eigenvalue weighted by Crippen LogP contribution is 2.29. The molecule has 0 fully saturated rings. The maximum atomic E-state index is 11.8. The summed E-state index contributed by atoms with van der Waals surface area (Å²) in [6, 6.07) is 16.1. The molecule has 0 radical (unpaired) electrons. The molecule has 3 aromatic rings. The van der Waals surface area contributed by atoms with Gasteiger partial charge in [0.25, 0.3) is 5.56 Å². The van der Waals surface area contributed by atoms with E-state index in [0.29, 0.717) is 5.16 Å². The van der Waals surface area contributed by atoms with Crippen molar-refractivity contribution >= 4 is 34.3 Å². The lowest BCUT2D eigenvalue weighted by Gasteiger charge is -2.05. The molecule has 0 unspecified atom stereocenters. The van der Waals surface area contributed by atoms with Gasteiger partial charge in [0.05, 0.1) is 0 Å². The van der Waals surface area contributed by atoms with Crippen LogP contribution in [0.25, 0.3) is 10.8 Å². The van der Waals surface area contributed by atoms with Crippen molar-refractivity contribution in [3.63, 3.8) is 0 Å². The number of thioether (sulfide) groups is 1. The lowest BCUT2D eigenvalue weighted by Crippen LogP contribution is -2.07. The van der Waals surface area contributed by atoms with E-state index in [1.165, 1.54) is 22.5 Å². The molecule has 0 aliphatic carbocycles. The smallest absolute Gasteiger partial charge is 0.252 e. The highest BCUT2D eigenvalue weighted by molar-refractivity contribution is 7.99. The summed E-state index contributed by atoms with van der Waals surface area (Å²) in [5.74, 6) is 0.976. The first-order valence-corrected chi connectivity index (χ1v) is 9.45. The zero-order valence-corrected chi connectivity index (χ0v) is 14.5. The fourth-order valence-electron chi connectivity index (χ4n) is 2.20. The number of hydrogen-bond acceptors (Lipinski definition) is 4. The zero-order chi connectivity index (χ0) is 16.1. The fraction of sp³-hybridized carbons (Fsp3) is 0.222. The Morgan fingerprint density at radius 1 is 1.09 bits per heavy atom. The van der Waals surface area contributed by atoms with Gasteiger partial charge in [0.2, 0.25) is 0 Å². The first kappa shape index (κ1) is 16.1. The van der Waals surface area contributed by atoms with Crippen LogP contribution in [0.1, 0.15) is 19.8 Å². The molecule has 0 aliphatic heterocycles. The average Bonchev–Trinajstić information content (AvgIpc) is 2.54. The largest absolute Gasteiger partial charge is 0.301 e. The van der Waals surface area contributed by atoms with E-state index in [9.17, 15) is 4.79 Å². The predicted molar refractivity (Wildman–Crippen MR) is 98.6 cm³/mol. The van der Waals surface area contributed by atoms with E-state index >= 15 is 0 Å². The lowest BCUT2D eigenvalue weighted by molar-refractivity contribution is 0.854. The van der Waals surface area contributed by atoms with Gasteiger partial charge in [0.15, 0.2) is 5.16 Å². The predicted octanol–water partition coefficient (Wildman–Crippen LogP) is 4.97. The number of nitrogens with one attached hydrogen (secondary N) is 1. The van der Waals surface area contributed by atoms with Gasteiger partial charge in [-0.25, -0.2) is 4.98 Å². The normalized spacial score (nSPS) is 11.0. The van der Waals surface area contributed by atoms with Crippen LogP contribution in [0.5, 0.6) is 0 Å². The van der Waals surface area contributed by atoms with Gasteiger partial charge in [0, 0.05) is 16.7 Å². The molecule has 0 atom stereocenters. The molecule has 1 aromatic heterocycles. The third kappa shape index (κ3) is 4.39. The number of rotatable bonds is 6. The molecule has 1 heterocycles. The first-order chi connectivity index (χ1) is 11.2. The molecular formula is C18H18N2OS2. The van der Waals surface area contributed by atoms with Crippen LogP contribution in [0.4, 0.5) is 0 Å². The Kier molecular flexibility index (Phi) is 5.41. The molecule has 23 heavy (non-hydrogen) atoms. The van der Waals surface area contributed by atoms with Crippen LogP contribution in [0.15, 0.2) is 68.4 Å². The molecule has 3 nitrogen and oxygen atoms in total. The zero-order valence-electron chi connectivity index (χ0n) is 12.9. The monoisotopic (exact) mass is 342 g/mol. The van der Waals surface area contributed by atoms with E-state index in [1.54, 1.807) is 17.8 Å². The number of fused-ring (bicyclic) bond motifs is 1. The fourth-order valence-corrected chi connectivity index (χ4v) is 4.09. The number of aromatic amines is 1. The summed E-state index contributed by atoms with van der Waals surface area (Å²) in [5.41, 5.74) is -0.0951. The molecule has 2 aromatic carbocycles. The van der Waals surface area contributed by atoms with Crippen LogP contribution in [-0.2, 0) is 0 Å². The van der Waals surface area contributed by atoms with Gasteiger partial charge in [0.1, 0.15) is 5.03 Å². The highest BCUT2D eigenvalue weighted by atomic mass is 32.2. The van der Waals surface area contributed by atoms with E-state index in [1.807, 2.05) is 12.1 Å². The van der Waals surface area contributed by atoms with Crippen molar-refractivity contribution in [3.8, 4) is 0 Å². The second kappa shape index (κ2) is 7.70. The Morgan fingerprint density at radius 3 is 2.74 bits per heavy atom. The second-order valence-electron chi connectivity index (χ2n) is 5.20. The van der Waals surface area contributed by atoms with Crippen molar-refractivity contribution in [2.75, 3.05) is 5.75 Å². The van der Waals surface area contributed by atoms with Crippen LogP contribution >= 0.6 is 23.5 Å². The third-order valence-electron chi connectivity index (χ3n) is 3.38. The molecule has 0 bridgehead atoms. The number of aromatic nitrogens is 2. The van der Waals surface area contributed by atoms with Crippen LogP contribution < -0.4 is 5.56 Å². The summed E-state index contributed by atoms with van der Waals surface area (Å²) in [6.07, 6.45) is 2.26. The molecule has 1 N–H and O–H groups in total. The molecule has 118 valence electrons. The van der Waals surface area contributed by atoms with Crippen LogP contribution in [-0.4, -0.2) is 15.7 Å². The minimum atomic E-state index is -0.0951. The Balaban J connectivity index is 1.81. The van der Waals surface area contributed by atoms with Gasteiger partial charge in [-0.3, -0.25) is 4.79 Å². The summed E-state index contributed by atoms with van der Waals surface area (Å²) in [5, 5.41) is 3.85. The van der Waals surface area contributed by atoms with Gasteiger partial charge >= 0.3 is 0 Å². The van der Waals surface area contributed by atoms with E-state index in [-0.39, 0.29) is 5.56 Å². The molecular weight excluding hydrogens is 324 g/mol.